The molecule has 1 aromatic heterocycles. The molecule has 8 heteroatoms. The van der Waals surface area contributed by atoms with Crippen LogP contribution in [0.25, 0.3) is 0 Å². The monoisotopic (exact) mass is 465 g/mol. The lowest BCUT2D eigenvalue weighted by Gasteiger charge is -2.12. The van der Waals surface area contributed by atoms with Crippen molar-refractivity contribution in [1.29, 1.82) is 0 Å². The second kappa shape index (κ2) is 13.0. The van der Waals surface area contributed by atoms with Crippen molar-refractivity contribution in [1.82, 2.24) is 21.1 Å². The van der Waals surface area contributed by atoms with Crippen LogP contribution < -0.4 is 16.0 Å². The van der Waals surface area contributed by atoms with E-state index in [0.717, 1.165) is 36.4 Å². The molecule has 0 saturated heterocycles. The van der Waals surface area contributed by atoms with E-state index in [4.69, 9.17) is 4.52 Å². The number of carbonyl (C=O) groups is 1. The van der Waals surface area contributed by atoms with E-state index < -0.39 is 0 Å². The summed E-state index contributed by atoms with van der Waals surface area (Å²) in [4.78, 5) is 16.3. The Morgan fingerprint density at radius 2 is 1.92 bits per heavy atom. The standard InChI is InChI=1S/C17H31N5O2.HI/c1-6-14-13(15(7-2)24-22-14)11-20-17(18-8-3)19-10-9-16(23)21-12(4)5;/h12H,6-11H2,1-5H3,(H,21,23)(H2,18,19,20);1H. The van der Waals surface area contributed by atoms with Gasteiger partial charge in [-0.1, -0.05) is 19.0 Å². The molecule has 0 unspecified atom stereocenters. The first-order valence-corrected chi connectivity index (χ1v) is 8.79. The summed E-state index contributed by atoms with van der Waals surface area (Å²) in [6.45, 7) is 11.8. The molecule has 0 bridgehead atoms. The van der Waals surface area contributed by atoms with E-state index in [1.165, 1.54) is 0 Å². The molecule has 0 spiro atoms. The third-order valence-corrected chi connectivity index (χ3v) is 3.44. The van der Waals surface area contributed by atoms with Crippen LogP contribution >= 0.6 is 24.0 Å². The lowest BCUT2D eigenvalue weighted by molar-refractivity contribution is -0.121. The zero-order valence-electron chi connectivity index (χ0n) is 15.9. The molecule has 0 aliphatic rings. The highest BCUT2D eigenvalue weighted by Gasteiger charge is 2.13. The average molecular weight is 465 g/mol. The van der Waals surface area contributed by atoms with Crippen molar-refractivity contribution in [2.24, 2.45) is 4.99 Å². The number of aliphatic imine (C=N–C) groups is 1. The third-order valence-electron chi connectivity index (χ3n) is 3.44. The van der Waals surface area contributed by atoms with E-state index in [1.54, 1.807) is 0 Å². The number of nitrogens with one attached hydrogen (secondary N) is 3. The van der Waals surface area contributed by atoms with Crippen LogP contribution in [0, 0.1) is 0 Å². The number of nitrogens with zero attached hydrogens (tertiary/aromatic N) is 2. The van der Waals surface area contributed by atoms with Gasteiger partial charge in [0.25, 0.3) is 0 Å². The van der Waals surface area contributed by atoms with Crippen LogP contribution in [0.4, 0.5) is 0 Å². The Hall–Kier alpha value is -1.32. The topological polar surface area (TPSA) is 91.6 Å². The molecule has 0 aliphatic carbocycles. The number of guanidine groups is 1. The van der Waals surface area contributed by atoms with Crippen LogP contribution in [0.5, 0.6) is 0 Å². The second-order valence-corrected chi connectivity index (χ2v) is 5.83. The Bertz CT molecular complexity index is 522. The van der Waals surface area contributed by atoms with Gasteiger partial charge in [-0.25, -0.2) is 4.99 Å². The molecule has 1 heterocycles. The Kier molecular flexibility index (Phi) is 12.3. The summed E-state index contributed by atoms with van der Waals surface area (Å²) in [7, 11) is 0. The first-order chi connectivity index (χ1) is 11.5. The van der Waals surface area contributed by atoms with Gasteiger partial charge in [-0.2, -0.15) is 0 Å². The molecule has 1 aromatic rings. The molecular formula is C17H32IN5O2. The number of aromatic nitrogens is 1. The average Bonchev–Trinajstić information content (AvgIpc) is 2.93. The number of rotatable bonds is 9. The third kappa shape index (κ3) is 8.55. The highest BCUT2D eigenvalue weighted by Crippen LogP contribution is 2.16. The predicted octanol–water partition coefficient (Wildman–Crippen LogP) is 2.39. The quantitative estimate of drug-likeness (QED) is 0.296. The summed E-state index contributed by atoms with van der Waals surface area (Å²) >= 11 is 0. The molecule has 0 aromatic carbocycles. The maximum absolute atomic E-state index is 11.7. The zero-order valence-corrected chi connectivity index (χ0v) is 18.3. The molecule has 0 fully saturated rings. The lowest BCUT2D eigenvalue weighted by atomic mass is 10.1. The number of aryl methyl sites for hydroxylation is 2. The van der Waals surface area contributed by atoms with E-state index in [-0.39, 0.29) is 35.9 Å². The number of carbonyl (C=O) groups excluding carboxylic acids is 1. The summed E-state index contributed by atoms with van der Waals surface area (Å²) in [5.74, 6) is 1.62. The Morgan fingerprint density at radius 3 is 2.48 bits per heavy atom. The van der Waals surface area contributed by atoms with Crippen molar-refractivity contribution in [2.45, 2.75) is 66.5 Å². The molecule has 0 atom stereocenters. The smallest absolute Gasteiger partial charge is 0.221 e. The molecule has 0 aliphatic heterocycles. The summed E-state index contributed by atoms with van der Waals surface area (Å²) in [6, 6.07) is 0.160. The minimum Gasteiger partial charge on any atom is -0.361 e. The van der Waals surface area contributed by atoms with Gasteiger partial charge in [-0.15, -0.1) is 24.0 Å². The Morgan fingerprint density at radius 1 is 1.20 bits per heavy atom. The minimum absolute atomic E-state index is 0. The maximum atomic E-state index is 11.7. The maximum Gasteiger partial charge on any atom is 0.221 e. The summed E-state index contributed by atoms with van der Waals surface area (Å²) in [5, 5.41) is 13.4. The number of amides is 1. The van der Waals surface area contributed by atoms with Gasteiger partial charge >= 0.3 is 0 Å². The first kappa shape index (κ1) is 23.7. The van der Waals surface area contributed by atoms with Crippen LogP contribution in [0.2, 0.25) is 0 Å². The second-order valence-electron chi connectivity index (χ2n) is 5.83. The van der Waals surface area contributed by atoms with E-state index in [0.29, 0.717) is 25.5 Å². The van der Waals surface area contributed by atoms with Crippen molar-refractivity contribution in [3.05, 3.63) is 17.0 Å². The molecular weight excluding hydrogens is 433 g/mol. The predicted molar refractivity (Wildman–Crippen MR) is 111 cm³/mol. The summed E-state index contributed by atoms with van der Waals surface area (Å²) < 4.78 is 5.36. The number of hydrogen-bond donors (Lipinski definition) is 3. The van der Waals surface area contributed by atoms with Crippen LogP contribution in [0.1, 0.15) is 58.1 Å². The van der Waals surface area contributed by atoms with Crippen LogP contribution in [-0.2, 0) is 24.2 Å². The Labute approximate surface area is 167 Å². The first-order valence-electron chi connectivity index (χ1n) is 8.79. The highest BCUT2D eigenvalue weighted by atomic mass is 127. The summed E-state index contributed by atoms with van der Waals surface area (Å²) in [6.07, 6.45) is 2.04. The van der Waals surface area contributed by atoms with Crippen molar-refractivity contribution in [2.75, 3.05) is 13.1 Å². The lowest BCUT2D eigenvalue weighted by Crippen LogP contribution is -2.40. The SMILES string of the molecule is CCNC(=NCc1c(CC)noc1CC)NCCC(=O)NC(C)C.I. The van der Waals surface area contributed by atoms with Crippen molar-refractivity contribution < 1.29 is 9.32 Å². The molecule has 1 amide bonds. The number of hydrogen-bond acceptors (Lipinski definition) is 4. The minimum atomic E-state index is 0. The largest absolute Gasteiger partial charge is 0.361 e. The molecule has 144 valence electrons. The van der Waals surface area contributed by atoms with Crippen molar-refractivity contribution in [3.8, 4) is 0 Å². The van der Waals surface area contributed by atoms with Gasteiger partial charge in [0.2, 0.25) is 5.91 Å². The van der Waals surface area contributed by atoms with Crippen LogP contribution in [-0.4, -0.2) is 36.2 Å². The van der Waals surface area contributed by atoms with Gasteiger partial charge in [0.1, 0.15) is 5.76 Å². The molecule has 0 saturated carbocycles. The zero-order chi connectivity index (χ0) is 17.9. The molecule has 25 heavy (non-hydrogen) atoms. The van der Waals surface area contributed by atoms with Crippen LogP contribution in [0.15, 0.2) is 9.52 Å². The van der Waals surface area contributed by atoms with Gasteiger partial charge in [-0.3, -0.25) is 4.79 Å². The molecule has 7 nitrogen and oxygen atoms in total. The van der Waals surface area contributed by atoms with Gasteiger partial charge < -0.3 is 20.5 Å². The van der Waals surface area contributed by atoms with Gasteiger partial charge in [0.05, 0.1) is 12.2 Å². The van der Waals surface area contributed by atoms with Gasteiger partial charge in [0.15, 0.2) is 5.96 Å². The van der Waals surface area contributed by atoms with Gasteiger partial charge in [-0.05, 0) is 27.2 Å². The highest BCUT2D eigenvalue weighted by molar-refractivity contribution is 14.0. The van der Waals surface area contributed by atoms with E-state index in [1.807, 2.05) is 27.7 Å². The van der Waals surface area contributed by atoms with E-state index >= 15 is 0 Å². The van der Waals surface area contributed by atoms with Crippen molar-refractivity contribution >= 4 is 35.8 Å². The van der Waals surface area contributed by atoms with E-state index in [9.17, 15) is 4.79 Å². The van der Waals surface area contributed by atoms with Crippen molar-refractivity contribution in [3.63, 3.8) is 0 Å². The molecule has 0 radical (unpaired) electrons. The molecule has 3 N–H and O–H groups in total. The Balaban J connectivity index is 0.00000576. The number of halogens is 1. The van der Waals surface area contributed by atoms with Crippen LogP contribution in [0.3, 0.4) is 0 Å². The normalized spacial score (nSPS) is 11.2. The van der Waals surface area contributed by atoms with E-state index in [2.05, 4.69) is 33.0 Å². The molecule has 1 rings (SSSR count). The van der Waals surface area contributed by atoms with Gasteiger partial charge in [0, 0.05) is 37.5 Å². The fraction of sp³-hybridized carbons (Fsp3) is 0.706. The summed E-state index contributed by atoms with van der Waals surface area (Å²) in [5.41, 5.74) is 2.03. The fourth-order valence-electron chi connectivity index (χ4n) is 2.31. The fourth-order valence-corrected chi connectivity index (χ4v) is 2.31.